The van der Waals surface area contributed by atoms with E-state index in [1.54, 1.807) is 6.07 Å². The third kappa shape index (κ3) is 4.68. The number of ether oxygens (including phenoxy) is 2. The molecule has 3 aromatic rings. The van der Waals surface area contributed by atoms with Crippen molar-refractivity contribution in [3.8, 4) is 23.1 Å². The number of likely N-dealkylation sites (N-methyl/N-ethyl adjacent to an activating group) is 1. The molecule has 3 saturated heterocycles. The highest BCUT2D eigenvalue weighted by Gasteiger charge is 2.49. The predicted octanol–water partition coefficient (Wildman–Crippen LogP) is 4.24. The minimum absolute atomic E-state index is 0.0249. The van der Waals surface area contributed by atoms with Gasteiger partial charge in [0.1, 0.15) is 35.2 Å². The summed E-state index contributed by atoms with van der Waals surface area (Å²) < 4.78 is 58.6. The highest BCUT2D eigenvalue weighted by Crippen LogP contribution is 2.42. The predicted molar refractivity (Wildman–Crippen MR) is 154 cm³/mol. The van der Waals surface area contributed by atoms with Crippen LogP contribution in [0.3, 0.4) is 0 Å². The van der Waals surface area contributed by atoms with Crippen LogP contribution < -0.4 is 25.4 Å². The highest BCUT2D eigenvalue weighted by molar-refractivity contribution is 5.96. The number of hydrogen-bond acceptors (Lipinski definition) is 9. The number of nitrogen functional groups attached to an aromatic ring is 1. The Balaban J connectivity index is 1.38. The molecule has 2 aromatic heterocycles. The van der Waals surface area contributed by atoms with Crippen molar-refractivity contribution in [2.45, 2.75) is 75.3 Å². The number of alkyl halides is 1. The van der Waals surface area contributed by atoms with Crippen LogP contribution in [0.5, 0.6) is 11.9 Å². The molecular weight excluding hydrogens is 547 g/mol. The van der Waals surface area contributed by atoms with Crippen LogP contribution in [-0.4, -0.2) is 83.0 Å². The lowest BCUT2D eigenvalue weighted by Gasteiger charge is -2.31. The summed E-state index contributed by atoms with van der Waals surface area (Å²) in [5.41, 5.74) is 4.86. The largest absolute Gasteiger partial charge is 0.474 e. The average molecular weight is 584 g/mol. The van der Waals surface area contributed by atoms with Crippen LogP contribution in [0.2, 0.25) is 0 Å². The van der Waals surface area contributed by atoms with E-state index in [4.69, 9.17) is 20.2 Å². The molecule has 0 aliphatic carbocycles. The number of pyridine rings is 1. The summed E-state index contributed by atoms with van der Waals surface area (Å²) in [6.45, 7) is 3.96. The first-order valence-corrected chi connectivity index (χ1v) is 14.8. The van der Waals surface area contributed by atoms with Gasteiger partial charge in [-0.25, -0.2) is 18.2 Å². The summed E-state index contributed by atoms with van der Waals surface area (Å²) in [5.74, 6) is -1.06. The number of fused-ring (bicyclic) bond motifs is 3. The first kappa shape index (κ1) is 27.5. The Kier molecular flexibility index (Phi) is 6.80. The fourth-order valence-electron chi connectivity index (χ4n) is 7.38. The Bertz CT molecular complexity index is 1530. The van der Waals surface area contributed by atoms with Gasteiger partial charge in [-0.15, -0.1) is 0 Å². The van der Waals surface area contributed by atoms with Crippen molar-refractivity contribution < 1.29 is 22.6 Å². The zero-order valence-electron chi connectivity index (χ0n) is 23.9. The van der Waals surface area contributed by atoms with Crippen molar-refractivity contribution in [3.05, 3.63) is 29.8 Å². The lowest BCUT2D eigenvalue weighted by molar-refractivity contribution is 0.107. The van der Waals surface area contributed by atoms with Crippen LogP contribution in [0.15, 0.2) is 18.2 Å². The van der Waals surface area contributed by atoms with E-state index in [9.17, 15) is 4.39 Å². The molecule has 6 heterocycles. The number of rotatable bonds is 4. The van der Waals surface area contributed by atoms with Crippen molar-refractivity contribution in [2.75, 3.05) is 43.9 Å². The van der Waals surface area contributed by atoms with Crippen LogP contribution in [0.25, 0.3) is 22.2 Å². The van der Waals surface area contributed by atoms with Crippen LogP contribution in [0.1, 0.15) is 45.4 Å². The number of halogens is 3. The zero-order valence-corrected chi connectivity index (χ0v) is 23.9. The number of aromatic nitrogens is 3. The summed E-state index contributed by atoms with van der Waals surface area (Å²) in [5, 5.41) is 3.98. The van der Waals surface area contributed by atoms with E-state index in [1.807, 2.05) is 18.9 Å². The molecule has 4 aliphatic rings. The molecule has 9 nitrogen and oxygen atoms in total. The van der Waals surface area contributed by atoms with E-state index in [-0.39, 0.29) is 59.1 Å². The summed E-state index contributed by atoms with van der Waals surface area (Å²) in [7, 11) is 1.89. The second kappa shape index (κ2) is 10.4. The second-order valence-electron chi connectivity index (χ2n) is 12.4. The molecule has 42 heavy (non-hydrogen) atoms. The van der Waals surface area contributed by atoms with Crippen LogP contribution in [0, 0.1) is 11.6 Å². The van der Waals surface area contributed by atoms with Gasteiger partial charge in [-0.3, -0.25) is 4.90 Å². The van der Waals surface area contributed by atoms with Gasteiger partial charge in [-0.05, 0) is 57.7 Å². The Morgan fingerprint density at radius 2 is 1.98 bits per heavy atom. The average Bonchev–Trinajstić information content (AvgIpc) is 3.63. The van der Waals surface area contributed by atoms with Gasteiger partial charge in [0.15, 0.2) is 11.6 Å². The molecule has 0 amide bonds. The van der Waals surface area contributed by atoms with Crippen LogP contribution >= 0.6 is 0 Å². The Morgan fingerprint density at radius 3 is 2.83 bits per heavy atom. The van der Waals surface area contributed by atoms with Gasteiger partial charge in [0, 0.05) is 44.2 Å². The molecule has 3 N–H and O–H groups in total. The van der Waals surface area contributed by atoms with E-state index in [0.29, 0.717) is 30.7 Å². The monoisotopic (exact) mass is 583 g/mol. The molecule has 7 rings (SSSR count). The molecule has 1 aromatic carbocycles. The van der Waals surface area contributed by atoms with Crippen molar-refractivity contribution >= 4 is 22.4 Å². The van der Waals surface area contributed by atoms with Gasteiger partial charge in [0.05, 0.1) is 17.3 Å². The third-order valence-electron chi connectivity index (χ3n) is 9.35. The first-order valence-electron chi connectivity index (χ1n) is 14.8. The second-order valence-corrected chi connectivity index (χ2v) is 12.4. The van der Waals surface area contributed by atoms with Gasteiger partial charge < -0.3 is 25.4 Å². The molecule has 0 saturated carbocycles. The van der Waals surface area contributed by atoms with Crippen molar-refractivity contribution in [2.24, 2.45) is 0 Å². The van der Waals surface area contributed by atoms with Crippen LogP contribution in [-0.2, 0) is 0 Å². The first-order chi connectivity index (χ1) is 20.2. The van der Waals surface area contributed by atoms with Gasteiger partial charge in [0.25, 0.3) is 0 Å². The van der Waals surface area contributed by atoms with E-state index in [2.05, 4.69) is 20.2 Å². The SMILES string of the molecule is C[C@H]1C[C@@H]2CC[C@H](CN(C)c3nc(OC[C@@]45CCCN4C[C@H](F)C5)nc4c(F)c(-c5cccc(N)c5F)nc(c34)O1)N2. The lowest BCUT2D eigenvalue weighted by atomic mass is 9.95. The highest BCUT2D eigenvalue weighted by atomic mass is 19.1. The smallest absolute Gasteiger partial charge is 0.319 e. The quantitative estimate of drug-likeness (QED) is 0.437. The minimum Gasteiger partial charge on any atom is -0.474 e. The number of nitrogens with one attached hydrogen (secondary N) is 1. The molecule has 2 bridgehead atoms. The fourth-order valence-corrected chi connectivity index (χ4v) is 7.38. The van der Waals surface area contributed by atoms with E-state index in [0.717, 1.165) is 38.6 Å². The molecule has 12 heteroatoms. The molecular formula is C30H36F3N7O2. The van der Waals surface area contributed by atoms with E-state index < -0.39 is 23.3 Å². The van der Waals surface area contributed by atoms with Crippen LogP contribution in [0.4, 0.5) is 24.7 Å². The molecule has 5 atom stereocenters. The number of hydrogen-bond donors (Lipinski definition) is 2. The summed E-state index contributed by atoms with van der Waals surface area (Å²) in [6, 6.07) is 4.85. The fraction of sp³-hybridized carbons (Fsp3) is 0.567. The topological polar surface area (TPSA) is 102 Å². The lowest BCUT2D eigenvalue weighted by Crippen LogP contribution is -2.43. The molecule has 0 radical (unpaired) electrons. The van der Waals surface area contributed by atoms with Gasteiger partial charge >= 0.3 is 6.01 Å². The van der Waals surface area contributed by atoms with E-state index in [1.165, 1.54) is 12.1 Å². The number of nitrogens with two attached hydrogens (primary N) is 1. The maximum atomic E-state index is 16.5. The van der Waals surface area contributed by atoms with Gasteiger partial charge in [-0.1, -0.05) is 6.07 Å². The summed E-state index contributed by atoms with van der Waals surface area (Å²) in [4.78, 5) is 17.9. The standard InChI is InChI=1S/C30H36F3N7O2/c1-16-11-18-7-8-19(35-18)14-39(2)27-22-26(24(33)25(36-28(22)42-16)20-5-3-6-21(34)23(20)32)37-29(38-27)41-15-30-9-4-10-40(30)13-17(31)12-30/h3,5-6,16-19,35H,4,7-15,34H2,1-2H3/t16-,17+,18-,19+,30-/m0/s1. The summed E-state index contributed by atoms with van der Waals surface area (Å²) in [6.07, 6.45) is 3.72. The third-order valence-corrected chi connectivity index (χ3v) is 9.35. The number of nitrogens with zero attached hydrogens (tertiary/aromatic N) is 5. The molecule has 0 spiro atoms. The van der Waals surface area contributed by atoms with E-state index >= 15 is 8.78 Å². The number of anilines is 2. The Hall–Kier alpha value is -3.38. The van der Waals surface area contributed by atoms with Crippen molar-refractivity contribution in [3.63, 3.8) is 0 Å². The summed E-state index contributed by atoms with van der Waals surface area (Å²) >= 11 is 0. The zero-order chi connectivity index (χ0) is 29.2. The van der Waals surface area contributed by atoms with Gasteiger partial charge in [-0.2, -0.15) is 9.97 Å². The minimum atomic E-state index is -0.911. The normalized spacial score (nSPS) is 29.4. The molecule has 4 aliphatic heterocycles. The van der Waals surface area contributed by atoms with Crippen molar-refractivity contribution in [1.82, 2.24) is 25.2 Å². The van der Waals surface area contributed by atoms with Crippen molar-refractivity contribution in [1.29, 1.82) is 0 Å². The maximum Gasteiger partial charge on any atom is 0.319 e. The Morgan fingerprint density at radius 1 is 1.14 bits per heavy atom. The number of benzene rings is 1. The maximum absolute atomic E-state index is 16.5. The Labute approximate surface area is 242 Å². The molecule has 3 fully saturated rings. The molecule has 0 unspecified atom stereocenters. The van der Waals surface area contributed by atoms with Gasteiger partial charge in [0.2, 0.25) is 5.88 Å². The molecule has 224 valence electrons.